The van der Waals surface area contributed by atoms with Crippen LogP contribution in [0.4, 0.5) is 17.6 Å². The number of benzene rings is 2. The SMILES string of the molecule is COc1ccc(-c2cccc(F)c2)cc1C(F)(F)F. The Bertz CT molecular complexity index is 590. The smallest absolute Gasteiger partial charge is 0.419 e. The molecule has 0 aromatic heterocycles. The summed E-state index contributed by atoms with van der Waals surface area (Å²) in [6.45, 7) is 0. The monoisotopic (exact) mass is 270 g/mol. The molecule has 2 aromatic carbocycles. The van der Waals surface area contributed by atoms with Crippen molar-refractivity contribution in [2.45, 2.75) is 6.18 Å². The fraction of sp³-hybridized carbons (Fsp3) is 0.143. The Balaban J connectivity index is 2.55. The number of ether oxygens (including phenoxy) is 1. The Labute approximate surface area is 107 Å². The highest BCUT2D eigenvalue weighted by Crippen LogP contribution is 2.38. The van der Waals surface area contributed by atoms with E-state index in [1.54, 1.807) is 6.07 Å². The third-order valence-corrected chi connectivity index (χ3v) is 2.66. The maximum Gasteiger partial charge on any atom is 0.419 e. The zero-order valence-corrected chi connectivity index (χ0v) is 9.96. The van der Waals surface area contributed by atoms with Gasteiger partial charge in [0.25, 0.3) is 0 Å². The van der Waals surface area contributed by atoms with E-state index in [2.05, 4.69) is 0 Å². The second kappa shape index (κ2) is 4.91. The molecule has 0 fully saturated rings. The molecule has 1 nitrogen and oxygen atoms in total. The van der Waals surface area contributed by atoms with Gasteiger partial charge in [-0.05, 0) is 35.4 Å². The molecule has 0 radical (unpaired) electrons. The normalized spacial score (nSPS) is 11.4. The van der Waals surface area contributed by atoms with Crippen LogP contribution in [0.15, 0.2) is 42.5 Å². The molecule has 0 aliphatic rings. The highest BCUT2D eigenvalue weighted by molar-refractivity contribution is 5.66. The summed E-state index contributed by atoms with van der Waals surface area (Å²) in [6.07, 6.45) is -4.52. The van der Waals surface area contributed by atoms with Crippen molar-refractivity contribution >= 4 is 0 Å². The van der Waals surface area contributed by atoms with E-state index >= 15 is 0 Å². The Morgan fingerprint density at radius 3 is 2.21 bits per heavy atom. The largest absolute Gasteiger partial charge is 0.496 e. The molecule has 0 heterocycles. The summed E-state index contributed by atoms with van der Waals surface area (Å²) in [4.78, 5) is 0. The van der Waals surface area contributed by atoms with Crippen LogP contribution in [0.2, 0.25) is 0 Å². The molecule has 2 rings (SSSR count). The van der Waals surface area contributed by atoms with Gasteiger partial charge in [0.2, 0.25) is 0 Å². The van der Waals surface area contributed by atoms with Crippen molar-refractivity contribution < 1.29 is 22.3 Å². The zero-order valence-electron chi connectivity index (χ0n) is 9.96. The van der Waals surface area contributed by atoms with Crippen molar-refractivity contribution in [3.05, 3.63) is 53.8 Å². The zero-order chi connectivity index (χ0) is 14.0. The number of halogens is 4. The third kappa shape index (κ3) is 2.86. The van der Waals surface area contributed by atoms with E-state index in [4.69, 9.17) is 4.74 Å². The molecular weight excluding hydrogens is 260 g/mol. The molecule has 0 unspecified atom stereocenters. The van der Waals surface area contributed by atoms with Crippen LogP contribution in [-0.2, 0) is 6.18 Å². The van der Waals surface area contributed by atoms with Gasteiger partial charge in [-0.15, -0.1) is 0 Å². The molecule has 0 aliphatic carbocycles. The van der Waals surface area contributed by atoms with Crippen molar-refractivity contribution in [3.8, 4) is 16.9 Å². The molecule has 0 saturated carbocycles. The van der Waals surface area contributed by atoms with E-state index in [1.165, 1.54) is 37.4 Å². The Hall–Kier alpha value is -2.04. The lowest BCUT2D eigenvalue weighted by molar-refractivity contribution is -0.138. The second-order valence-electron chi connectivity index (χ2n) is 3.92. The molecule has 0 N–H and O–H groups in total. The van der Waals surface area contributed by atoms with Gasteiger partial charge in [0.1, 0.15) is 11.6 Å². The number of rotatable bonds is 2. The highest BCUT2D eigenvalue weighted by Gasteiger charge is 2.34. The van der Waals surface area contributed by atoms with Gasteiger partial charge >= 0.3 is 6.18 Å². The lowest BCUT2D eigenvalue weighted by atomic mass is 10.0. The van der Waals surface area contributed by atoms with Crippen molar-refractivity contribution in [3.63, 3.8) is 0 Å². The van der Waals surface area contributed by atoms with Crippen LogP contribution in [0.1, 0.15) is 5.56 Å². The van der Waals surface area contributed by atoms with Crippen molar-refractivity contribution in [1.29, 1.82) is 0 Å². The van der Waals surface area contributed by atoms with Gasteiger partial charge in [0.05, 0.1) is 12.7 Å². The predicted molar refractivity (Wildman–Crippen MR) is 63.4 cm³/mol. The molecule has 5 heteroatoms. The average Bonchev–Trinajstić information content (AvgIpc) is 2.37. The fourth-order valence-electron chi connectivity index (χ4n) is 1.78. The Morgan fingerprint density at radius 2 is 1.63 bits per heavy atom. The summed E-state index contributed by atoms with van der Waals surface area (Å²) in [7, 11) is 1.17. The number of methoxy groups -OCH3 is 1. The second-order valence-corrected chi connectivity index (χ2v) is 3.92. The van der Waals surface area contributed by atoms with Gasteiger partial charge in [-0.2, -0.15) is 13.2 Å². The summed E-state index contributed by atoms with van der Waals surface area (Å²) >= 11 is 0. The molecule has 0 aliphatic heterocycles. The summed E-state index contributed by atoms with van der Waals surface area (Å²) in [5, 5.41) is 0. The van der Waals surface area contributed by atoms with E-state index in [-0.39, 0.29) is 11.3 Å². The predicted octanol–water partition coefficient (Wildman–Crippen LogP) is 4.52. The molecule has 19 heavy (non-hydrogen) atoms. The first-order chi connectivity index (χ1) is 8.91. The van der Waals surface area contributed by atoms with E-state index in [0.29, 0.717) is 5.56 Å². The van der Waals surface area contributed by atoms with Gasteiger partial charge in [0, 0.05) is 0 Å². The highest BCUT2D eigenvalue weighted by atomic mass is 19.4. The summed E-state index contributed by atoms with van der Waals surface area (Å²) in [6, 6.07) is 9.05. The van der Waals surface area contributed by atoms with E-state index < -0.39 is 17.6 Å². The number of alkyl halides is 3. The van der Waals surface area contributed by atoms with Crippen LogP contribution < -0.4 is 4.74 Å². The first kappa shape index (κ1) is 13.4. The summed E-state index contributed by atoms with van der Waals surface area (Å²) in [5.74, 6) is -0.755. The summed E-state index contributed by atoms with van der Waals surface area (Å²) in [5.41, 5.74) is -0.211. The minimum Gasteiger partial charge on any atom is -0.496 e. The van der Waals surface area contributed by atoms with Crippen LogP contribution >= 0.6 is 0 Å². The van der Waals surface area contributed by atoms with Crippen LogP contribution in [0, 0.1) is 5.82 Å². The van der Waals surface area contributed by atoms with Crippen LogP contribution in [-0.4, -0.2) is 7.11 Å². The Morgan fingerprint density at radius 1 is 0.947 bits per heavy atom. The topological polar surface area (TPSA) is 9.23 Å². The first-order valence-corrected chi connectivity index (χ1v) is 5.43. The molecule has 2 aromatic rings. The van der Waals surface area contributed by atoms with Gasteiger partial charge in [0.15, 0.2) is 0 Å². The maximum atomic E-state index is 13.1. The van der Waals surface area contributed by atoms with E-state index in [1.807, 2.05) is 0 Å². The Kier molecular flexibility index (Phi) is 3.46. The molecular formula is C14H10F4O. The van der Waals surface area contributed by atoms with Gasteiger partial charge in [-0.25, -0.2) is 4.39 Å². The maximum absolute atomic E-state index is 13.1. The third-order valence-electron chi connectivity index (χ3n) is 2.66. The number of hydrogen-bond donors (Lipinski definition) is 0. The molecule has 0 atom stereocenters. The minimum atomic E-state index is -4.52. The van der Waals surface area contributed by atoms with Crippen LogP contribution in [0.5, 0.6) is 5.75 Å². The van der Waals surface area contributed by atoms with Gasteiger partial charge in [-0.1, -0.05) is 18.2 Å². The first-order valence-electron chi connectivity index (χ1n) is 5.43. The average molecular weight is 270 g/mol. The lowest BCUT2D eigenvalue weighted by Gasteiger charge is -2.13. The lowest BCUT2D eigenvalue weighted by Crippen LogP contribution is -2.07. The van der Waals surface area contributed by atoms with E-state index in [9.17, 15) is 17.6 Å². The molecule has 0 spiro atoms. The molecule has 0 saturated heterocycles. The standard InChI is InChI=1S/C14H10F4O/c1-19-13-6-5-10(8-12(13)14(16,17)18)9-3-2-4-11(15)7-9/h2-8H,1H3. The number of hydrogen-bond acceptors (Lipinski definition) is 1. The molecule has 100 valence electrons. The summed E-state index contributed by atoms with van der Waals surface area (Å²) < 4.78 is 56.3. The van der Waals surface area contributed by atoms with E-state index in [0.717, 1.165) is 6.07 Å². The van der Waals surface area contributed by atoms with Crippen molar-refractivity contribution in [1.82, 2.24) is 0 Å². The fourth-order valence-corrected chi connectivity index (χ4v) is 1.78. The van der Waals surface area contributed by atoms with Gasteiger partial charge in [-0.3, -0.25) is 0 Å². The molecule has 0 bridgehead atoms. The minimum absolute atomic E-state index is 0.257. The van der Waals surface area contributed by atoms with Crippen LogP contribution in [0.3, 0.4) is 0 Å². The van der Waals surface area contributed by atoms with Crippen molar-refractivity contribution in [2.75, 3.05) is 7.11 Å². The van der Waals surface area contributed by atoms with Crippen molar-refractivity contribution in [2.24, 2.45) is 0 Å². The van der Waals surface area contributed by atoms with Gasteiger partial charge < -0.3 is 4.74 Å². The molecule has 0 amide bonds. The quantitative estimate of drug-likeness (QED) is 0.729. The van der Waals surface area contributed by atoms with Crippen LogP contribution in [0.25, 0.3) is 11.1 Å².